The molecule has 0 spiro atoms. The molecule has 5 heteroatoms. The molecule has 0 aliphatic carbocycles. The number of hydrogen-bond donors (Lipinski definition) is 1. The number of tetrazole rings is 1. The van der Waals surface area contributed by atoms with E-state index >= 15 is 0 Å². The molecule has 0 radical (unpaired) electrons. The van der Waals surface area contributed by atoms with E-state index < -0.39 is 0 Å². The molecule has 1 heterocycles. The predicted octanol–water partition coefficient (Wildman–Crippen LogP) is 2.39. The third-order valence-electron chi connectivity index (χ3n) is 2.95. The highest BCUT2D eigenvalue weighted by Gasteiger charge is 2.05. The molecule has 0 bridgehead atoms. The van der Waals surface area contributed by atoms with Gasteiger partial charge in [-0.1, -0.05) is 42.7 Å². The van der Waals surface area contributed by atoms with Crippen molar-refractivity contribution in [3.8, 4) is 0 Å². The quantitative estimate of drug-likeness (QED) is 0.849. The van der Waals surface area contributed by atoms with E-state index in [9.17, 15) is 0 Å². The second-order valence-electron chi connectivity index (χ2n) is 4.36. The van der Waals surface area contributed by atoms with Gasteiger partial charge in [-0.25, -0.2) is 4.68 Å². The van der Waals surface area contributed by atoms with Gasteiger partial charge in [-0.2, -0.15) is 0 Å². The van der Waals surface area contributed by atoms with Crippen LogP contribution in [0.5, 0.6) is 0 Å². The summed E-state index contributed by atoms with van der Waals surface area (Å²) in [6, 6.07) is 8.31. The maximum atomic E-state index is 4.00. The van der Waals surface area contributed by atoms with Gasteiger partial charge in [0.05, 0.1) is 0 Å². The van der Waals surface area contributed by atoms with E-state index in [1.165, 1.54) is 11.1 Å². The van der Waals surface area contributed by atoms with Gasteiger partial charge in [-0.05, 0) is 34.9 Å². The van der Waals surface area contributed by atoms with Gasteiger partial charge in [0, 0.05) is 13.1 Å². The lowest BCUT2D eigenvalue weighted by Crippen LogP contribution is -2.09. The van der Waals surface area contributed by atoms with Gasteiger partial charge in [0.25, 0.3) is 0 Å². The number of anilines is 1. The van der Waals surface area contributed by atoms with Crippen LogP contribution in [0, 0.1) is 6.92 Å². The highest BCUT2D eigenvalue weighted by Crippen LogP contribution is 2.10. The zero-order valence-electron chi connectivity index (χ0n) is 10.9. The van der Waals surface area contributed by atoms with Crippen LogP contribution in [-0.4, -0.2) is 20.2 Å². The van der Waals surface area contributed by atoms with Crippen LogP contribution in [0.4, 0.5) is 5.95 Å². The maximum Gasteiger partial charge on any atom is 0.243 e. The van der Waals surface area contributed by atoms with E-state index in [2.05, 4.69) is 46.8 Å². The van der Waals surface area contributed by atoms with Crippen molar-refractivity contribution in [2.75, 3.05) is 5.32 Å². The van der Waals surface area contributed by atoms with Gasteiger partial charge < -0.3 is 5.32 Å². The van der Waals surface area contributed by atoms with Gasteiger partial charge >= 0.3 is 0 Å². The SMILES string of the molecule is CCCCn1nnnc1NCc1ccccc1C. The van der Waals surface area contributed by atoms with Crippen molar-refractivity contribution < 1.29 is 0 Å². The first kappa shape index (κ1) is 12.5. The average Bonchev–Trinajstić information content (AvgIpc) is 2.83. The second kappa shape index (κ2) is 6.14. The summed E-state index contributed by atoms with van der Waals surface area (Å²) in [5.74, 6) is 0.742. The molecule has 0 saturated carbocycles. The van der Waals surface area contributed by atoms with Gasteiger partial charge in [0.15, 0.2) is 0 Å². The van der Waals surface area contributed by atoms with Crippen molar-refractivity contribution in [1.82, 2.24) is 20.2 Å². The molecule has 18 heavy (non-hydrogen) atoms. The van der Waals surface area contributed by atoms with Crippen LogP contribution in [0.25, 0.3) is 0 Å². The average molecular weight is 245 g/mol. The van der Waals surface area contributed by atoms with Crippen LogP contribution in [0.2, 0.25) is 0 Å². The van der Waals surface area contributed by atoms with E-state index in [1.807, 2.05) is 16.8 Å². The van der Waals surface area contributed by atoms with E-state index in [4.69, 9.17) is 0 Å². The van der Waals surface area contributed by atoms with Crippen LogP contribution in [-0.2, 0) is 13.1 Å². The summed E-state index contributed by atoms with van der Waals surface area (Å²) < 4.78 is 1.82. The molecule has 0 saturated heterocycles. The van der Waals surface area contributed by atoms with Crippen molar-refractivity contribution in [3.63, 3.8) is 0 Å². The van der Waals surface area contributed by atoms with Gasteiger partial charge in [-0.3, -0.25) is 0 Å². The fraction of sp³-hybridized carbons (Fsp3) is 0.462. The second-order valence-corrected chi connectivity index (χ2v) is 4.36. The summed E-state index contributed by atoms with van der Waals surface area (Å²) in [5, 5.41) is 15.0. The minimum absolute atomic E-state index is 0.742. The Kier molecular flexibility index (Phi) is 4.28. The molecule has 0 aliphatic rings. The van der Waals surface area contributed by atoms with Crippen LogP contribution < -0.4 is 5.32 Å². The molecule has 0 unspecified atom stereocenters. The van der Waals surface area contributed by atoms with Crippen LogP contribution in [0.15, 0.2) is 24.3 Å². The Morgan fingerprint density at radius 2 is 2.11 bits per heavy atom. The molecule has 0 fully saturated rings. The van der Waals surface area contributed by atoms with Crippen molar-refractivity contribution in [2.24, 2.45) is 0 Å². The molecule has 1 N–H and O–H groups in total. The molecule has 0 atom stereocenters. The smallest absolute Gasteiger partial charge is 0.243 e. The van der Waals surface area contributed by atoms with Gasteiger partial charge in [-0.15, -0.1) is 0 Å². The highest BCUT2D eigenvalue weighted by atomic mass is 15.6. The monoisotopic (exact) mass is 245 g/mol. The Balaban J connectivity index is 1.98. The van der Waals surface area contributed by atoms with Crippen LogP contribution in [0.3, 0.4) is 0 Å². The van der Waals surface area contributed by atoms with Gasteiger partial charge in [0.1, 0.15) is 0 Å². The molecular weight excluding hydrogens is 226 g/mol. The zero-order chi connectivity index (χ0) is 12.8. The Morgan fingerprint density at radius 1 is 1.28 bits per heavy atom. The fourth-order valence-electron chi connectivity index (χ4n) is 1.77. The number of unbranched alkanes of at least 4 members (excludes halogenated alkanes) is 1. The van der Waals surface area contributed by atoms with Crippen LogP contribution >= 0.6 is 0 Å². The number of hydrogen-bond acceptors (Lipinski definition) is 4. The number of aryl methyl sites for hydroxylation is 2. The standard InChI is InChI=1S/C13H19N5/c1-3-4-9-18-13(15-16-17-18)14-10-12-8-6-5-7-11(12)2/h5-8H,3-4,9-10H2,1-2H3,(H,14,15,17). The highest BCUT2D eigenvalue weighted by molar-refractivity contribution is 5.31. The normalized spacial score (nSPS) is 10.6. The molecule has 2 aromatic rings. The summed E-state index contributed by atoms with van der Waals surface area (Å²) >= 11 is 0. The summed E-state index contributed by atoms with van der Waals surface area (Å²) in [5.41, 5.74) is 2.54. The molecule has 1 aromatic carbocycles. The van der Waals surface area contributed by atoms with Crippen molar-refractivity contribution in [1.29, 1.82) is 0 Å². The number of rotatable bonds is 6. The van der Waals surface area contributed by atoms with Gasteiger partial charge in [0.2, 0.25) is 5.95 Å². The number of aromatic nitrogens is 4. The Labute approximate surface area is 107 Å². The first-order chi connectivity index (χ1) is 8.81. The topological polar surface area (TPSA) is 55.6 Å². The van der Waals surface area contributed by atoms with E-state index in [0.29, 0.717) is 0 Å². The summed E-state index contributed by atoms with van der Waals surface area (Å²) in [4.78, 5) is 0. The van der Waals surface area contributed by atoms with E-state index in [1.54, 1.807) is 0 Å². The first-order valence-electron chi connectivity index (χ1n) is 6.36. The van der Waals surface area contributed by atoms with Crippen LogP contribution in [0.1, 0.15) is 30.9 Å². The fourth-order valence-corrected chi connectivity index (χ4v) is 1.77. The number of benzene rings is 1. The third-order valence-corrected chi connectivity index (χ3v) is 2.95. The zero-order valence-corrected chi connectivity index (χ0v) is 10.9. The first-order valence-corrected chi connectivity index (χ1v) is 6.36. The Hall–Kier alpha value is -1.91. The lowest BCUT2D eigenvalue weighted by Gasteiger charge is -2.08. The van der Waals surface area contributed by atoms with E-state index in [0.717, 1.165) is 31.9 Å². The molecule has 1 aromatic heterocycles. The molecule has 0 amide bonds. The van der Waals surface area contributed by atoms with Crippen molar-refractivity contribution >= 4 is 5.95 Å². The van der Waals surface area contributed by atoms with Crippen molar-refractivity contribution in [3.05, 3.63) is 35.4 Å². The Bertz CT molecular complexity index is 492. The Morgan fingerprint density at radius 3 is 2.89 bits per heavy atom. The minimum Gasteiger partial charge on any atom is -0.349 e. The summed E-state index contributed by atoms with van der Waals surface area (Å²) in [6.07, 6.45) is 2.22. The maximum absolute atomic E-state index is 4.00. The van der Waals surface area contributed by atoms with E-state index in [-0.39, 0.29) is 0 Å². The number of nitrogens with zero attached hydrogens (tertiary/aromatic N) is 4. The predicted molar refractivity (Wildman–Crippen MR) is 71.2 cm³/mol. The largest absolute Gasteiger partial charge is 0.349 e. The summed E-state index contributed by atoms with van der Waals surface area (Å²) in [7, 11) is 0. The molecule has 5 nitrogen and oxygen atoms in total. The lowest BCUT2D eigenvalue weighted by molar-refractivity contribution is 0.556. The molecule has 2 rings (SSSR count). The number of nitrogens with one attached hydrogen (secondary N) is 1. The third kappa shape index (κ3) is 3.06. The molecular formula is C13H19N5. The molecule has 96 valence electrons. The summed E-state index contributed by atoms with van der Waals surface area (Å²) in [6.45, 7) is 5.88. The molecule has 0 aliphatic heterocycles. The van der Waals surface area contributed by atoms with Crippen molar-refractivity contribution in [2.45, 2.75) is 39.8 Å². The minimum atomic E-state index is 0.742. The lowest BCUT2D eigenvalue weighted by atomic mass is 10.1.